The van der Waals surface area contributed by atoms with Crippen LogP contribution in [0.3, 0.4) is 0 Å². The Kier molecular flexibility index (Phi) is 4.77. The fourth-order valence-electron chi connectivity index (χ4n) is 8.02. The molecule has 1 N–H and O–H groups in total. The van der Waals surface area contributed by atoms with Crippen molar-refractivity contribution in [2.24, 2.45) is 34.5 Å². The van der Waals surface area contributed by atoms with E-state index in [9.17, 15) is 4.79 Å². The van der Waals surface area contributed by atoms with Crippen LogP contribution in [-0.4, -0.2) is 11.1 Å². The summed E-state index contributed by atoms with van der Waals surface area (Å²) >= 11 is 0. The maximum absolute atomic E-state index is 11.0. The van der Waals surface area contributed by atoms with Gasteiger partial charge in [-0.05, 0) is 92.3 Å². The van der Waals surface area contributed by atoms with Gasteiger partial charge >= 0.3 is 5.97 Å². The van der Waals surface area contributed by atoms with Crippen LogP contribution in [0.4, 0.5) is 0 Å². The number of hydrogen-bond donors (Lipinski definition) is 1. The highest BCUT2D eigenvalue weighted by Crippen LogP contribution is 2.65. The van der Waals surface area contributed by atoms with Crippen LogP contribution in [-0.2, 0) is 4.79 Å². The monoisotopic (exact) mass is 358 g/mol. The highest BCUT2D eigenvalue weighted by Gasteiger charge is 2.55. The van der Waals surface area contributed by atoms with Gasteiger partial charge in [-0.25, -0.2) is 0 Å². The van der Waals surface area contributed by atoms with E-state index in [4.69, 9.17) is 5.11 Å². The summed E-state index contributed by atoms with van der Waals surface area (Å²) in [5.41, 5.74) is 4.72. The summed E-state index contributed by atoms with van der Waals surface area (Å²) in [5.74, 6) is 2.38. The molecular weight excluding hydrogens is 320 g/mol. The molecule has 4 aliphatic rings. The van der Waals surface area contributed by atoms with Crippen LogP contribution in [0.1, 0.15) is 97.8 Å². The number of carboxylic acid groups (broad SMARTS) is 1. The summed E-state index contributed by atoms with van der Waals surface area (Å²) in [6.45, 7) is 7.49. The average molecular weight is 359 g/mol. The normalized spacial score (nSPS) is 43.4. The van der Waals surface area contributed by atoms with Gasteiger partial charge in [-0.2, -0.15) is 0 Å². The smallest absolute Gasteiger partial charge is 0.303 e. The van der Waals surface area contributed by atoms with Gasteiger partial charge < -0.3 is 5.11 Å². The van der Waals surface area contributed by atoms with Crippen molar-refractivity contribution < 1.29 is 9.90 Å². The Hall–Kier alpha value is -0.790. The van der Waals surface area contributed by atoms with Crippen molar-refractivity contribution in [3.63, 3.8) is 0 Å². The first kappa shape index (κ1) is 18.6. The predicted molar refractivity (Wildman–Crippen MR) is 106 cm³/mol. The lowest BCUT2D eigenvalue weighted by Crippen LogP contribution is -2.43. The first-order valence-corrected chi connectivity index (χ1v) is 11.3. The molecule has 0 spiro atoms. The van der Waals surface area contributed by atoms with Gasteiger partial charge in [0.05, 0.1) is 0 Å². The van der Waals surface area contributed by atoms with Crippen LogP contribution < -0.4 is 0 Å². The van der Waals surface area contributed by atoms with E-state index in [1.165, 1.54) is 64.2 Å². The third-order valence-electron chi connectivity index (χ3n) is 9.48. The Morgan fingerprint density at radius 2 is 1.92 bits per heavy atom. The molecule has 1 unspecified atom stereocenters. The minimum Gasteiger partial charge on any atom is -0.481 e. The van der Waals surface area contributed by atoms with E-state index in [2.05, 4.69) is 20.8 Å². The third-order valence-corrected chi connectivity index (χ3v) is 9.48. The van der Waals surface area contributed by atoms with E-state index in [1.54, 1.807) is 0 Å². The first-order chi connectivity index (χ1) is 12.4. The van der Waals surface area contributed by atoms with E-state index >= 15 is 0 Å². The minimum atomic E-state index is -0.631. The highest BCUT2D eigenvalue weighted by atomic mass is 16.4. The second-order valence-electron chi connectivity index (χ2n) is 10.6. The Labute approximate surface area is 159 Å². The Morgan fingerprint density at radius 1 is 1.12 bits per heavy atom. The number of allylic oxidation sites excluding steroid dienone is 2. The van der Waals surface area contributed by atoms with Crippen molar-refractivity contribution >= 4 is 5.97 Å². The fourth-order valence-corrected chi connectivity index (χ4v) is 8.02. The van der Waals surface area contributed by atoms with Crippen molar-refractivity contribution in [2.45, 2.75) is 97.8 Å². The number of carboxylic acids is 1. The van der Waals surface area contributed by atoms with Crippen molar-refractivity contribution in [3.05, 3.63) is 11.1 Å². The molecule has 0 saturated heterocycles. The molecule has 0 aromatic rings. The zero-order valence-electron chi connectivity index (χ0n) is 17.2. The molecule has 2 nitrogen and oxygen atoms in total. The molecule has 146 valence electrons. The van der Waals surface area contributed by atoms with Crippen LogP contribution in [0.25, 0.3) is 0 Å². The number of fused-ring (bicyclic) bond motifs is 4. The second-order valence-corrected chi connectivity index (χ2v) is 10.6. The summed E-state index contributed by atoms with van der Waals surface area (Å²) in [6.07, 6.45) is 15.1. The average Bonchev–Trinajstić information content (AvgIpc) is 2.96. The zero-order chi connectivity index (χ0) is 18.5. The molecule has 0 amide bonds. The number of hydrogen-bond acceptors (Lipinski definition) is 1. The third kappa shape index (κ3) is 2.78. The van der Waals surface area contributed by atoms with Gasteiger partial charge in [0.1, 0.15) is 0 Å². The molecular formula is C24H38O2. The SMILES string of the molecule is C[C@H](CCC(=O)O)[C@H]1CC[C@H]2C3=C(CC[C@]12C)[C@@]1(C)CCCCC1CC3. The molecule has 6 atom stereocenters. The maximum atomic E-state index is 11.0. The van der Waals surface area contributed by atoms with E-state index in [1.807, 2.05) is 11.1 Å². The molecule has 0 radical (unpaired) electrons. The molecule has 4 aliphatic carbocycles. The van der Waals surface area contributed by atoms with Crippen LogP contribution in [0.5, 0.6) is 0 Å². The Morgan fingerprint density at radius 3 is 2.69 bits per heavy atom. The topological polar surface area (TPSA) is 37.3 Å². The van der Waals surface area contributed by atoms with Crippen molar-refractivity contribution in [2.75, 3.05) is 0 Å². The zero-order valence-corrected chi connectivity index (χ0v) is 17.2. The maximum Gasteiger partial charge on any atom is 0.303 e. The predicted octanol–water partition coefficient (Wildman–Crippen LogP) is 6.60. The quantitative estimate of drug-likeness (QED) is 0.575. The molecule has 0 heterocycles. The van der Waals surface area contributed by atoms with Gasteiger partial charge in [0.2, 0.25) is 0 Å². The minimum absolute atomic E-state index is 0.339. The first-order valence-electron chi connectivity index (χ1n) is 11.3. The molecule has 0 aliphatic heterocycles. The lowest BCUT2D eigenvalue weighted by molar-refractivity contribution is -0.137. The van der Waals surface area contributed by atoms with Gasteiger partial charge in [0.25, 0.3) is 0 Å². The molecule has 0 aromatic carbocycles. The van der Waals surface area contributed by atoms with Crippen LogP contribution in [0.15, 0.2) is 11.1 Å². The standard InChI is InChI=1S/C24H38O2/c1-16(7-12-22(25)26)19-10-11-20-18-9-8-17-6-4-5-14-23(17,2)21(18)13-15-24(19,20)3/h16-17,19-20H,4-15H2,1-3H3,(H,25,26)/t16-,17?,19-,20+,23+,24-/m1/s1. The van der Waals surface area contributed by atoms with Crippen LogP contribution >= 0.6 is 0 Å². The van der Waals surface area contributed by atoms with Gasteiger partial charge in [-0.15, -0.1) is 0 Å². The van der Waals surface area contributed by atoms with E-state index in [-0.39, 0.29) is 0 Å². The molecule has 26 heavy (non-hydrogen) atoms. The Bertz CT molecular complexity index is 605. The van der Waals surface area contributed by atoms with Gasteiger partial charge in [-0.1, -0.05) is 44.8 Å². The highest BCUT2D eigenvalue weighted by molar-refractivity contribution is 5.66. The van der Waals surface area contributed by atoms with Gasteiger partial charge in [0, 0.05) is 6.42 Å². The lowest BCUT2D eigenvalue weighted by Gasteiger charge is -2.54. The molecule has 2 heteroatoms. The van der Waals surface area contributed by atoms with Crippen molar-refractivity contribution in [1.82, 2.24) is 0 Å². The van der Waals surface area contributed by atoms with Crippen LogP contribution in [0, 0.1) is 34.5 Å². The lowest BCUT2D eigenvalue weighted by atomic mass is 9.50. The van der Waals surface area contributed by atoms with Crippen LogP contribution in [0.2, 0.25) is 0 Å². The molecule has 4 rings (SSSR count). The van der Waals surface area contributed by atoms with E-state index in [0.29, 0.717) is 23.2 Å². The summed E-state index contributed by atoms with van der Waals surface area (Å²) in [7, 11) is 0. The number of carbonyl (C=O) groups is 1. The second kappa shape index (κ2) is 6.67. The van der Waals surface area contributed by atoms with Crippen molar-refractivity contribution in [1.29, 1.82) is 0 Å². The van der Waals surface area contributed by atoms with Gasteiger partial charge in [-0.3, -0.25) is 4.79 Å². The molecule has 2 fully saturated rings. The summed E-state index contributed by atoms with van der Waals surface area (Å²) in [6, 6.07) is 0. The molecule has 0 bridgehead atoms. The largest absolute Gasteiger partial charge is 0.481 e. The van der Waals surface area contributed by atoms with E-state index in [0.717, 1.165) is 24.2 Å². The summed E-state index contributed by atoms with van der Waals surface area (Å²) < 4.78 is 0. The number of rotatable bonds is 4. The van der Waals surface area contributed by atoms with Crippen molar-refractivity contribution in [3.8, 4) is 0 Å². The van der Waals surface area contributed by atoms with Gasteiger partial charge in [0.15, 0.2) is 0 Å². The number of aliphatic carboxylic acids is 1. The summed E-state index contributed by atoms with van der Waals surface area (Å²) in [5, 5.41) is 9.09. The van der Waals surface area contributed by atoms with E-state index < -0.39 is 5.97 Å². The summed E-state index contributed by atoms with van der Waals surface area (Å²) in [4.78, 5) is 11.0. The Balaban J connectivity index is 1.59. The fraction of sp³-hybridized carbons (Fsp3) is 0.875. The molecule has 2 saturated carbocycles. The molecule has 0 aromatic heterocycles.